The summed E-state index contributed by atoms with van der Waals surface area (Å²) in [5.74, 6) is 0.146. The van der Waals surface area contributed by atoms with Crippen LogP contribution in [0.3, 0.4) is 0 Å². The molecule has 0 aromatic heterocycles. The van der Waals surface area contributed by atoms with Gasteiger partial charge in [-0.15, -0.1) is 0 Å². The first-order chi connectivity index (χ1) is 4.13. The summed E-state index contributed by atoms with van der Waals surface area (Å²) in [6.07, 6.45) is 0. The van der Waals surface area contributed by atoms with Crippen LogP contribution in [0.25, 0.3) is 0 Å². The molecule has 2 N–H and O–H groups in total. The molecule has 0 spiro atoms. The third-order valence-electron chi connectivity index (χ3n) is 1.39. The predicted octanol–water partition coefficient (Wildman–Crippen LogP) is -0.629. The molecule has 0 unspecified atom stereocenters. The van der Waals surface area contributed by atoms with Gasteiger partial charge in [0.15, 0.2) is 5.96 Å². The number of guanidine groups is 1. The van der Waals surface area contributed by atoms with Crippen LogP contribution in [0, 0.1) is 5.41 Å². The van der Waals surface area contributed by atoms with E-state index in [-0.39, 0.29) is 17.9 Å². The number of carbonyl (C=O) groups excluding carboxylic acids is 1. The normalized spacial score (nSPS) is 26.9. The largest absolute Gasteiger partial charge is 0.345 e. The summed E-state index contributed by atoms with van der Waals surface area (Å²) in [7, 11) is 1.58. The Morgan fingerprint density at radius 1 is 1.78 bits per heavy atom. The molecule has 0 aromatic rings. The topological polar surface area (TPSA) is 56.2 Å². The molecule has 4 nitrogen and oxygen atoms in total. The van der Waals surface area contributed by atoms with Gasteiger partial charge in [-0.25, -0.2) is 0 Å². The second-order valence-corrected chi connectivity index (χ2v) is 2.11. The first kappa shape index (κ1) is 6.07. The molecule has 9 heavy (non-hydrogen) atoms. The van der Waals surface area contributed by atoms with Crippen molar-refractivity contribution >= 4 is 11.9 Å². The Labute approximate surface area is 53.3 Å². The maximum atomic E-state index is 10.8. The maximum absolute atomic E-state index is 10.8. The summed E-state index contributed by atoms with van der Waals surface area (Å²) in [6.45, 7) is 1.74. The molecule has 1 fully saturated rings. The van der Waals surface area contributed by atoms with Crippen LogP contribution in [0.4, 0.5) is 0 Å². The van der Waals surface area contributed by atoms with Gasteiger partial charge in [0, 0.05) is 7.05 Å². The molecule has 1 aliphatic heterocycles. The van der Waals surface area contributed by atoms with Crippen LogP contribution < -0.4 is 5.32 Å². The Balaban J connectivity index is 2.77. The molecule has 1 amide bonds. The van der Waals surface area contributed by atoms with Gasteiger partial charge in [-0.2, -0.15) is 0 Å². The number of likely N-dealkylation sites (N-methyl/N-ethyl adjacent to an activating group) is 1. The monoisotopic (exact) mass is 127 g/mol. The fourth-order valence-electron chi connectivity index (χ4n) is 0.764. The quantitative estimate of drug-likeness (QED) is 0.455. The van der Waals surface area contributed by atoms with Crippen molar-refractivity contribution in [1.29, 1.82) is 5.41 Å². The molecule has 0 radical (unpaired) electrons. The van der Waals surface area contributed by atoms with E-state index in [0.29, 0.717) is 0 Å². The van der Waals surface area contributed by atoms with Gasteiger partial charge in [-0.3, -0.25) is 15.1 Å². The van der Waals surface area contributed by atoms with Crippen LogP contribution in [-0.2, 0) is 4.79 Å². The highest BCUT2D eigenvalue weighted by atomic mass is 16.2. The van der Waals surface area contributed by atoms with E-state index in [9.17, 15) is 4.79 Å². The minimum atomic E-state index is -0.220. The second-order valence-electron chi connectivity index (χ2n) is 2.11. The first-order valence-electron chi connectivity index (χ1n) is 2.75. The van der Waals surface area contributed by atoms with Crippen molar-refractivity contribution in [3.05, 3.63) is 0 Å². The SMILES string of the molecule is C[C@@H]1NC(=N)N(C)C1=O. The summed E-state index contributed by atoms with van der Waals surface area (Å²) in [5.41, 5.74) is 0. The molecular formula is C5H9N3O. The minimum Gasteiger partial charge on any atom is -0.345 e. The van der Waals surface area contributed by atoms with Crippen molar-refractivity contribution in [2.24, 2.45) is 0 Å². The molecular weight excluding hydrogens is 118 g/mol. The van der Waals surface area contributed by atoms with E-state index < -0.39 is 0 Å². The fraction of sp³-hybridized carbons (Fsp3) is 0.600. The van der Waals surface area contributed by atoms with Crippen LogP contribution in [-0.4, -0.2) is 29.9 Å². The first-order valence-corrected chi connectivity index (χ1v) is 2.75. The number of nitrogens with zero attached hydrogens (tertiary/aromatic N) is 1. The van der Waals surface area contributed by atoms with Gasteiger partial charge < -0.3 is 5.32 Å². The number of carbonyl (C=O) groups is 1. The molecule has 1 aliphatic rings. The van der Waals surface area contributed by atoms with Crippen LogP contribution in [0.1, 0.15) is 6.92 Å². The maximum Gasteiger partial charge on any atom is 0.251 e. The summed E-state index contributed by atoms with van der Waals surface area (Å²) in [5, 5.41) is 9.79. The molecule has 1 atom stereocenters. The highest BCUT2D eigenvalue weighted by Crippen LogP contribution is 1.99. The summed E-state index contributed by atoms with van der Waals surface area (Å²) in [4.78, 5) is 12.1. The van der Waals surface area contributed by atoms with E-state index in [1.165, 1.54) is 4.90 Å². The van der Waals surface area contributed by atoms with Crippen LogP contribution >= 0.6 is 0 Å². The number of nitrogens with one attached hydrogen (secondary N) is 2. The molecule has 50 valence electrons. The Bertz CT molecular complexity index is 166. The van der Waals surface area contributed by atoms with Crippen molar-refractivity contribution in [2.75, 3.05) is 7.05 Å². The van der Waals surface area contributed by atoms with Crippen molar-refractivity contribution in [2.45, 2.75) is 13.0 Å². The Hall–Kier alpha value is -1.06. The highest BCUT2D eigenvalue weighted by Gasteiger charge is 2.28. The zero-order valence-electron chi connectivity index (χ0n) is 5.43. The standard InChI is InChI=1S/C5H9N3O/c1-3-4(9)8(2)5(6)7-3/h3H,1-2H3,(H2,6,7)/t3-/m0/s1. The molecule has 1 heterocycles. The highest BCUT2D eigenvalue weighted by molar-refractivity contribution is 6.04. The van der Waals surface area contributed by atoms with Gasteiger partial charge in [0.25, 0.3) is 5.91 Å². The lowest BCUT2D eigenvalue weighted by Gasteiger charge is -2.03. The average Bonchev–Trinajstić information content (AvgIpc) is 1.98. The second kappa shape index (κ2) is 1.72. The molecule has 0 aliphatic carbocycles. The molecule has 0 bridgehead atoms. The molecule has 1 saturated heterocycles. The van der Waals surface area contributed by atoms with Crippen LogP contribution in [0.15, 0.2) is 0 Å². The number of amides is 1. The zero-order valence-corrected chi connectivity index (χ0v) is 5.43. The zero-order chi connectivity index (χ0) is 7.02. The lowest BCUT2D eigenvalue weighted by molar-refractivity contribution is -0.125. The summed E-state index contributed by atoms with van der Waals surface area (Å²) >= 11 is 0. The third-order valence-corrected chi connectivity index (χ3v) is 1.39. The lowest BCUT2D eigenvalue weighted by Crippen LogP contribution is -2.26. The van der Waals surface area contributed by atoms with E-state index in [1.54, 1.807) is 14.0 Å². The van der Waals surface area contributed by atoms with Crippen molar-refractivity contribution in [3.63, 3.8) is 0 Å². The Kier molecular flexibility index (Phi) is 1.16. The van der Waals surface area contributed by atoms with Crippen LogP contribution in [0.2, 0.25) is 0 Å². The van der Waals surface area contributed by atoms with E-state index in [2.05, 4.69) is 5.32 Å². The molecule has 4 heteroatoms. The smallest absolute Gasteiger partial charge is 0.251 e. The predicted molar refractivity (Wildman–Crippen MR) is 33.1 cm³/mol. The van der Waals surface area contributed by atoms with Gasteiger partial charge in [0.05, 0.1) is 0 Å². The Morgan fingerprint density at radius 3 is 2.44 bits per heavy atom. The third kappa shape index (κ3) is 0.759. The van der Waals surface area contributed by atoms with E-state index >= 15 is 0 Å². The van der Waals surface area contributed by atoms with E-state index in [0.717, 1.165) is 0 Å². The van der Waals surface area contributed by atoms with Crippen molar-refractivity contribution < 1.29 is 4.79 Å². The van der Waals surface area contributed by atoms with Gasteiger partial charge in [-0.05, 0) is 6.92 Å². The van der Waals surface area contributed by atoms with Crippen molar-refractivity contribution in [1.82, 2.24) is 10.2 Å². The number of rotatable bonds is 0. The number of hydrogen-bond acceptors (Lipinski definition) is 2. The lowest BCUT2D eigenvalue weighted by atomic mass is 10.3. The molecule has 0 aromatic carbocycles. The van der Waals surface area contributed by atoms with E-state index in [4.69, 9.17) is 5.41 Å². The van der Waals surface area contributed by atoms with Gasteiger partial charge >= 0.3 is 0 Å². The van der Waals surface area contributed by atoms with Gasteiger partial charge in [-0.1, -0.05) is 0 Å². The summed E-state index contributed by atoms with van der Waals surface area (Å²) in [6, 6.07) is -0.220. The minimum absolute atomic E-state index is 0.0417. The van der Waals surface area contributed by atoms with Crippen molar-refractivity contribution in [3.8, 4) is 0 Å². The summed E-state index contributed by atoms with van der Waals surface area (Å²) < 4.78 is 0. The molecule has 1 rings (SSSR count). The fourth-order valence-corrected chi connectivity index (χ4v) is 0.764. The Morgan fingerprint density at radius 2 is 2.33 bits per heavy atom. The average molecular weight is 127 g/mol. The van der Waals surface area contributed by atoms with Gasteiger partial charge in [0.1, 0.15) is 6.04 Å². The molecule has 0 saturated carbocycles. The number of hydrogen-bond donors (Lipinski definition) is 2. The van der Waals surface area contributed by atoms with Crippen LogP contribution in [0.5, 0.6) is 0 Å². The van der Waals surface area contributed by atoms with E-state index in [1.807, 2.05) is 0 Å². The van der Waals surface area contributed by atoms with Gasteiger partial charge in [0.2, 0.25) is 0 Å².